The van der Waals surface area contributed by atoms with Crippen LogP contribution in [0.2, 0.25) is 0 Å². The Morgan fingerprint density at radius 3 is 2.57 bits per heavy atom. The first-order valence-electron chi connectivity index (χ1n) is 6.63. The Balaban J connectivity index is 1.67. The van der Waals surface area contributed by atoms with Gasteiger partial charge in [-0.15, -0.1) is 0 Å². The summed E-state index contributed by atoms with van der Waals surface area (Å²) < 4.78 is 0. The molecular weight excluding hydrogens is 168 g/mol. The molecule has 2 aliphatic rings. The van der Waals surface area contributed by atoms with Gasteiger partial charge in [-0.2, -0.15) is 0 Å². The van der Waals surface area contributed by atoms with Crippen molar-refractivity contribution in [1.82, 2.24) is 0 Å². The Morgan fingerprint density at radius 1 is 1.00 bits per heavy atom. The van der Waals surface area contributed by atoms with Crippen LogP contribution in [-0.2, 0) is 0 Å². The fourth-order valence-electron chi connectivity index (χ4n) is 3.00. The quantitative estimate of drug-likeness (QED) is 0.561. The topological polar surface area (TPSA) is 0 Å². The zero-order valence-electron chi connectivity index (χ0n) is 9.43. The summed E-state index contributed by atoms with van der Waals surface area (Å²) in [6.45, 7) is 0. The Hall–Kier alpha value is -0.260. The summed E-state index contributed by atoms with van der Waals surface area (Å²) in [6.07, 6.45) is 18.6. The smallest absolute Gasteiger partial charge is 0.0318 e. The molecule has 1 saturated carbocycles. The second-order valence-electron chi connectivity index (χ2n) is 5.15. The Bertz CT molecular complexity index is 184. The molecule has 0 heteroatoms. The number of rotatable bonds is 3. The molecule has 0 aromatic heterocycles. The van der Waals surface area contributed by atoms with Crippen LogP contribution in [0.3, 0.4) is 0 Å². The van der Waals surface area contributed by atoms with E-state index in [1.54, 1.807) is 5.57 Å². The molecule has 0 N–H and O–H groups in total. The summed E-state index contributed by atoms with van der Waals surface area (Å²) in [4.78, 5) is 0. The first kappa shape index (κ1) is 10.3. The predicted molar refractivity (Wildman–Crippen MR) is 62.4 cm³/mol. The van der Waals surface area contributed by atoms with Gasteiger partial charge in [-0.25, -0.2) is 0 Å². The standard InChI is InChI=1S/C14H24/c1-3-7-13(8-4-1)11-12-14-9-5-2-6-10-14/h7,14H,1-6,8-12H2. The van der Waals surface area contributed by atoms with Crippen LogP contribution in [0.15, 0.2) is 11.6 Å². The molecule has 0 atom stereocenters. The normalized spacial score (nSPS) is 24.7. The molecule has 0 bridgehead atoms. The highest BCUT2D eigenvalue weighted by Gasteiger charge is 2.14. The van der Waals surface area contributed by atoms with Crippen molar-refractivity contribution in [2.75, 3.05) is 0 Å². The Labute approximate surface area is 88.8 Å². The molecule has 0 spiro atoms. The van der Waals surface area contributed by atoms with Crippen LogP contribution in [0.25, 0.3) is 0 Å². The average Bonchev–Trinajstić information content (AvgIpc) is 2.29. The second kappa shape index (κ2) is 5.58. The van der Waals surface area contributed by atoms with Gasteiger partial charge in [0.15, 0.2) is 0 Å². The molecule has 14 heavy (non-hydrogen) atoms. The van der Waals surface area contributed by atoms with E-state index in [-0.39, 0.29) is 0 Å². The zero-order valence-corrected chi connectivity index (χ0v) is 9.43. The molecule has 0 nitrogen and oxygen atoms in total. The SMILES string of the molecule is C1=C(CCC2CCCCC2)CCCC1. The van der Waals surface area contributed by atoms with E-state index < -0.39 is 0 Å². The lowest BCUT2D eigenvalue weighted by molar-refractivity contribution is 0.337. The van der Waals surface area contributed by atoms with E-state index in [9.17, 15) is 0 Å². The zero-order chi connectivity index (χ0) is 9.64. The lowest BCUT2D eigenvalue weighted by Crippen LogP contribution is -2.06. The first-order valence-corrected chi connectivity index (χ1v) is 6.63. The van der Waals surface area contributed by atoms with Gasteiger partial charge in [0.25, 0.3) is 0 Å². The molecule has 0 aliphatic heterocycles. The highest BCUT2D eigenvalue weighted by molar-refractivity contribution is 5.04. The fourth-order valence-corrected chi connectivity index (χ4v) is 3.00. The van der Waals surface area contributed by atoms with Crippen molar-refractivity contribution in [3.05, 3.63) is 11.6 Å². The molecule has 0 amide bonds. The number of hydrogen-bond donors (Lipinski definition) is 0. The summed E-state index contributed by atoms with van der Waals surface area (Å²) in [5.74, 6) is 1.08. The second-order valence-corrected chi connectivity index (χ2v) is 5.15. The minimum atomic E-state index is 1.08. The van der Waals surface area contributed by atoms with Crippen LogP contribution in [-0.4, -0.2) is 0 Å². The fraction of sp³-hybridized carbons (Fsp3) is 0.857. The molecule has 1 fully saturated rings. The van der Waals surface area contributed by atoms with Gasteiger partial charge in [0.2, 0.25) is 0 Å². The third-order valence-corrected chi connectivity index (χ3v) is 3.98. The molecule has 0 radical (unpaired) electrons. The van der Waals surface area contributed by atoms with Crippen molar-refractivity contribution in [3.63, 3.8) is 0 Å². The largest absolute Gasteiger partial charge is 0.0853 e. The van der Waals surface area contributed by atoms with Crippen molar-refractivity contribution in [3.8, 4) is 0 Å². The van der Waals surface area contributed by atoms with Crippen LogP contribution in [0.1, 0.15) is 70.6 Å². The van der Waals surface area contributed by atoms with Crippen molar-refractivity contribution in [1.29, 1.82) is 0 Å². The third kappa shape index (κ3) is 3.15. The van der Waals surface area contributed by atoms with Gasteiger partial charge in [0, 0.05) is 0 Å². The van der Waals surface area contributed by atoms with Crippen molar-refractivity contribution < 1.29 is 0 Å². The highest BCUT2D eigenvalue weighted by Crippen LogP contribution is 2.30. The molecule has 0 unspecified atom stereocenters. The van der Waals surface area contributed by atoms with Crippen LogP contribution in [0.5, 0.6) is 0 Å². The molecule has 0 aromatic carbocycles. The average molecular weight is 192 g/mol. The first-order chi connectivity index (χ1) is 6.95. The van der Waals surface area contributed by atoms with Crippen LogP contribution >= 0.6 is 0 Å². The lowest BCUT2D eigenvalue weighted by atomic mass is 9.84. The van der Waals surface area contributed by atoms with Crippen LogP contribution in [0, 0.1) is 5.92 Å². The number of hydrogen-bond acceptors (Lipinski definition) is 0. The van der Waals surface area contributed by atoms with Gasteiger partial charge >= 0.3 is 0 Å². The van der Waals surface area contributed by atoms with E-state index in [1.165, 1.54) is 70.6 Å². The van der Waals surface area contributed by atoms with E-state index >= 15 is 0 Å². The van der Waals surface area contributed by atoms with E-state index in [2.05, 4.69) is 6.08 Å². The van der Waals surface area contributed by atoms with E-state index in [0.29, 0.717) is 0 Å². The maximum atomic E-state index is 2.52. The van der Waals surface area contributed by atoms with E-state index in [1.807, 2.05) is 0 Å². The molecule has 0 aromatic rings. The molecular formula is C14H24. The summed E-state index contributed by atoms with van der Waals surface area (Å²) in [7, 11) is 0. The highest BCUT2D eigenvalue weighted by atomic mass is 14.2. The Morgan fingerprint density at radius 2 is 1.86 bits per heavy atom. The van der Waals surface area contributed by atoms with Gasteiger partial charge in [-0.3, -0.25) is 0 Å². The van der Waals surface area contributed by atoms with Crippen molar-refractivity contribution >= 4 is 0 Å². The summed E-state index contributed by atoms with van der Waals surface area (Å²) in [5, 5.41) is 0. The molecule has 2 aliphatic carbocycles. The van der Waals surface area contributed by atoms with Crippen molar-refractivity contribution in [2.45, 2.75) is 70.6 Å². The predicted octanol–water partition coefficient (Wildman–Crippen LogP) is 4.85. The minimum Gasteiger partial charge on any atom is -0.0853 e. The summed E-state index contributed by atoms with van der Waals surface area (Å²) in [5.41, 5.74) is 1.78. The molecule has 0 saturated heterocycles. The maximum absolute atomic E-state index is 2.52. The van der Waals surface area contributed by atoms with E-state index in [4.69, 9.17) is 0 Å². The van der Waals surface area contributed by atoms with Crippen LogP contribution < -0.4 is 0 Å². The summed E-state index contributed by atoms with van der Waals surface area (Å²) >= 11 is 0. The third-order valence-electron chi connectivity index (χ3n) is 3.98. The van der Waals surface area contributed by atoms with E-state index in [0.717, 1.165) is 5.92 Å². The Kier molecular flexibility index (Phi) is 4.09. The maximum Gasteiger partial charge on any atom is -0.0318 e. The van der Waals surface area contributed by atoms with Gasteiger partial charge in [0.05, 0.1) is 0 Å². The van der Waals surface area contributed by atoms with Gasteiger partial charge in [-0.05, 0) is 44.4 Å². The minimum absolute atomic E-state index is 1.08. The van der Waals surface area contributed by atoms with Crippen molar-refractivity contribution in [2.24, 2.45) is 5.92 Å². The van der Waals surface area contributed by atoms with Gasteiger partial charge in [0.1, 0.15) is 0 Å². The number of allylic oxidation sites excluding steroid dienone is 2. The molecule has 0 heterocycles. The van der Waals surface area contributed by atoms with Gasteiger partial charge < -0.3 is 0 Å². The molecule has 2 rings (SSSR count). The van der Waals surface area contributed by atoms with Crippen LogP contribution in [0.4, 0.5) is 0 Å². The monoisotopic (exact) mass is 192 g/mol. The molecule has 80 valence electrons. The lowest BCUT2D eigenvalue weighted by Gasteiger charge is -2.22. The van der Waals surface area contributed by atoms with Gasteiger partial charge in [-0.1, -0.05) is 43.8 Å². The summed E-state index contributed by atoms with van der Waals surface area (Å²) in [6, 6.07) is 0.